The molecule has 1 aliphatic heterocycles. The van der Waals surface area contributed by atoms with Crippen LogP contribution in [0, 0.1) is 11.8 Å². The van der Waals surface area contributed by atoms with Crippen molar-refractivity contribution in [2.45, 2.75) is 32.1 Å². The summed E-state index contributed by atoms with van der Waals surface area (Å²) in [4.78, 5) is 0. The molecule has 0 aromatic rings. The second-order valence-electron chi connectivity index (χ2n) is 3.89. The van der Waals surface area contributed by atoms with Crippen molar-refractivity contribution >= 4 is 0 Å². The monoisotopic (exact) mass is 139 g/mol. The third-order valence-corrected chi connectivity index (χ3v) is 3.05. The molecule has 1 aliphatic carbocycles. The van der Waals surface area contributed by atoms with Crippen LogP contribution in [-0.2, 0) is 0 Å². The van der Waals surface area contributed by atoms with Crippen molar-refractivity contribution in [3.8, 4) is 0 Å². The highest BCUT2D eigenvalue weighted by Crippen LogP contribution is 2.33. The molecule has 0 radical (unpaired) electrons. The Balaban J connectivity index is 1.68. The van der Waals surface area contributed by atoms with Crippen LogP contribution in [0.15, 0.2) is 0 Å². The molecule has 1 heteroatoms. The highest BCUT2D eigenvalue weighted by atomic mass is 14.9. The van der Waals surface area contributed by atoms with Crippen LogP contribution in [-0.4, -0.2) is 13.1 Å². The Morgan fingerprint density at radius 3 is 2.50 bits per heavy atom. The van der Waals surface area contributed by atoms with Gasteiger partial charge in [-0.3, -0.25) is 0 Å². The van der Waals surface area contributed by atoms with E-state index < -0.39 is 0 Å². The Morgan fingerprint density at radius 1 is 1.10 bits per heavy atom. The maximum atomic E-state index is 3.43. The number of hydrogen-bond donors (Lipinski definition) is 1. The molecule has 1 unspecified atom stereocenters. The maximum absolute atomic E-state index is 3.43. The first kappa shape index (κ1) is 6.66. The largest absolute Gasteiger partial charge is 0.316 e. The zero-order valence-corrected chi connectivity index (χ0v) is 6.60. The van der Waals surface area contributed by atoms with Crippen molar-refractivity contribution in [3.05, 3.63) is 0 Å². The zero-order chi connectivity index (χ0) is 6.81. The SMILES string of the molecule is C1CC(CC2CCNC2)C1. The summed E-state index contributed by atoms with van der Waals surface area (Å²) in [6, 6.07) is 0. The maximum Gasteiger partial charge on any atom is -0.00199 e. The van der Waals surface area contributed by atoms with Crippen molar-refractivity contribution in [1.82, 2.24) is 5.32 Å². The Hall–Kier alpha value is -0.0400. The van der Waals surface area contributed by atoms with E-state index in [0.717, 1.165) is 11.8 Å². The van der Waals surface area contributed by atoms with Crippen molar-refractivity contribution in [3.63, 3.8) is 0 Å². The summed E-state index contributed by atoms with van der Waals surface area (Å²) in [6.45, 7) is 2.58. The van der Waals surface area contributed by atoms with Gasteiger partial charge in [0.2, 0.25) is 0 Å². The summed E-state index contributed by atoms with van der Waals surface area (Å²) in [6.07, 6.45) is 7.52. The van der Waals surface area contributed by atoms with Crippen LogP contribution in [0.5, 0.6) is 0 Å². The van der Waals surface area contributed by atoms with Gasteiger partial charge in [-0.2, -0.15) is 0 Å². The molecule has 0 aromatic carbocycles. The molecule has 1 atom stereocenters. The van der Waals surface area contributed by atoms with Gasteiger partial charge in [-0.25, -0.2) is 0 Å². The molecule has 0 spiro atoms. The average Bonchev–Trinajstić information content (AvgIpc) is 2.29. The van der Waals surface area contributed by atoms with E-state index in [2.05, 4.69) is 5.32 Å². The van der Waals surface area contributed by atoms with Crippen LogP contribution in [0.25, 0.3) is 0 Å². The van der Waals surface area contributed by atoms with Crippen LogP contribution in [0.3, 0.4) is 0 Å². The molecule has 0 aromatic heterocycles. The highest BCUT2D eigenvalue weighted by Gasteiger charge is 2.23. The zero-order valence-electron chi connectivity index (χ0n) is 6.60. The first-order chi connectivity index (χ1) is 4.95. The minimum absolute atomic E-state index is 1.03. The fourth-order valence-corrected chi connectivity index (χ4v) is 2.12. The second-order valence-corrected chi connectivity index (χ2v) is 3.89. The lowest BCUT2D eigenvalue weighted by Gasteiger charge is -2.27. The minimum Gasteiger partial charge on any atom is -0.316 e. The molecule has 1 heterocycles. The van der Waals surface area contributed by atoms with Gasteiger partial charge in [-0.05, 0) is 37.8 Å². The minimum atomic E-state index is 1.03. The van der Waals surface area contributed by atoms with E-state index in [9.17, 15) is 0 Å². The van der Waals surface area contributed by atoms with E-state index in [1.165, 1.54) is 45.2 Å². The van der Waals surface area contributed by atoms with Gasteiger partial charge < -0.3 is 5.32 Å². The lowest BCUT2D eigenvalue weighted by atomic mass is 9.79. The normalized spacial score (nSPS) is 34.2. The Kier molecular flexibility index (Phi) is 1.94. The summed E-state index contributed by atoms with van der Waals surface area (Å²) < 4.78 is 0. The van der Waals surface area contributed by atoms with E-state index in [1.54, 1.807) is 0 Å². The molecule has 58 valence electrons. The topological polar surface area (TPSA) is 12.0 Å². The van der Waals surface area contributed by atoms with E-state index in [1.807, 2.05) is 0 Å². The predicted molar refractivity (Wildman–Crippen MR) is 42.9 cm³/mol. The molecule has 1 N–H and O–H groups in total. The van der Waals surface area contributed by atoms with Gasteiger partial charge in [0, 0.05) is 0 Å². The second kappa shape index (κ2) is 2.91. The molecule has 1 nitrogen and oxygen atoms in total. The number of rotatable bonds is 2. The summed E-state index contributed by atoms with van der Waals surface area (Å²) >= 11 is 0. The molecular weight excluding hydrogens is 122 g/mol. The fraction of sp³-hybridized carbons (Fsp3) is 1.00. The first-order valence-electron chi connectivity index (χ1n) is 4.66. The molecule has 2 rings (SSSR count). The highest BCUT2D eigenvalue weighted by molar-refractivity contribution is 4.78. The quantitative estimate of drug-likeness (QED) is 0.615. The molecule has 1 saturated heterocycles. The van der Waals surface area contributed by atoms with E-state index in [0.29, 0.717) is 0 Å². The third kappa shape index (κ3) is 1.34. The fourth-order valence-electron chi connectivity index (χ4n) is 2.12. The average molecular weight is 139 g/mol. The van der Waals surface area contributed by atoms with Crippen LogP contribution >= 0.6 is 0 Å². The smallest absolute Gasteiger partial charge is 0.00199 e. The Bertz CT molecular complexity index is 101. The molecule has 1 saturated carbocycles. The van der Waals surface area contributed by atoms with Gasteiger partial charge >= 0.3 is 0 Å². The van der Waals surface area contributed by atoms with Gasteiger partial charge in [0.15, 0.2) is 0 Å². The number of nitrogens with one attached hydrogen (secondary N) is 1. The molecule has 0 bridgehead atoms. The van der Waals surface area contributed by atoms with Gasteiger partial charge in [0.25, 0.3) is 0 Å². The van der Waals surface area contributed by atoms with Crippen LogP contribution in [0.4, 0.5) is 0 Å². The standard InChI is InChI=1S/C9H17N/c1-2-8(3-1)6-9-4-5-10-7-9/h8-10H,1-7H2. The number of hydrogen-bond acceptors (Lipinski definition) is 1. The summed E-state index contributed by atoms with van der Waals surface area (Å²) in [5.41, 5.74) is 0. The first-order valence-corrected chi connectivity index (χ1v) is 4.66. The van der Waals surface area contributed by atoms with Gasteiger partial charge in [0.05, 0.1) is 0 Å². The van der Waals surface area contributed by atoms with Gasteiger partial charge in [-0.1, -0.05) is 19.3 Å². The molecular formula is C9H17N. The van der Waals surface area contributed by atoms with Gasteiger partial charge in [-0.15, -0.1) is 0 Å². The van der Waals surface area contributed by atoms with Crippen molar-refractivity contribution in [2.75, 3.05) is 13.1 Å². The van der Waals surface area contributed by atoms with Crippen LogP contribution in [0.2, 0.25) is 0 Å². The van der Waals surface area contributed by atoms with Crippen molar-refractivity contribution in [1.29, 1.82) is 0 Å². The summed E-state index contributed by atoms with van der Waals surface area (Å²) in [5, 5.41) is 3.43. The van der Waals surface area contributed by atoms with E-state index >= 15 is 0 Å². The lowest BCUT2D eigenvalue weighted by molar-refractivity contribution is 0.256. The van der Waals surface area contributed by atoms with Crippen molar-refractivity contribution < 1.29 is 0 Å². The molecule has 0 amide bonds. The Morgan fingerprint density at radius 2 is 2.00 bits per heavy atom. The van der Waals surface area contributed by atoms with Gasteiger partial charge in [0.1, 0.15) is 0 Å². The lowest BCUT2D eigenvalue weighted by Crippen LogP contribution is -2.17. The summed E-state index contributed by atoms with van der Waals surface area (Å²) in [7, 11) is 0. The third-order valence-electron chi connectivity index (χ3n) is 3.05. The predicted octanol–water partition coefficient (Wildman–Crippen LogP) is 1.79. The summed E-state index contributed by atoms with van der Waals surface area (Å²) in [5.74, 6) is 2.15. The molecule has 10 heavy (non-hydrogen) atoms. The van der Waals surface area contributed by atoms with E-state index in [-0.39, 0.29) is 0 Å². The van der Waals surface area contributed by atoms with Crippen molar-refractivity contribution in [2.24, 2.45) is 11.8 Å². The molecule has 2 aliphatic rings. The van der Waals surface area contributed by atoms with E-state index in [4.69, 9.17) is 0 Å². The van der Waals surface area contributed by atoms with Crippen LogP contribution < -0.4 is 5.32 Å². The Labute approximate surface area is 63.2 Å². The van der Waals surface area contributed by atoms with Crippen LogP contribution in [0.1, 0.15) is 32.1 Å². The molecule has 2 fully saturated rings.